The van der Waals surface area contributed by atoms with E-state index < -0.39 is 5.54 Å². The summed E-state index contributed by atoms with van der Waals surface area (Å²) in [6, 6.07) is 14.1. The van der Waals surface area contributed by atoms with Crippen LogP contribution in [0.15, 0.2) is 42.5 Å². The monoisotopic (exact) mass is 418 g/mol. The van der Waals surface area contributed by atoms with Gasteiger partial charge < -0.3 is 15.0 Å². The van der Waals surface area contributed by atoms with E-state index in [4.69, 9.17) is 4.74 Å². The Hall–Kier alpha value is -3.19. The van der Waals surface area contributed by atoms with Crippen LogP contribution in [0.3, 0.4) is 0 Å². The molecular weight excluding hydrogens is 392 g/mol. The first-order chi connectivity index (χ1) is 14.9. The first kappa shape index (κ1) is 19.8. The molecule has 7 nitrogen and oxygen atoms in total. The molecule has 3 heterocycles. The lowest BCUT2D eigenvalue weighted by Crippen LogP contribution is -2.45. The van der Waals surface area contributed by atoms with Crippen molar-refractivity contribution in [1.29, 1.82) is 0 Å². The Morgan fingerprint density at radius 2 is 2.03 bits per heavy atom. The fourth-order valence-corrected chi connectivity index (χ4v) is 4.63. The van der Waals surface area contributed by atoms with E-state index >= 15 is 0 Å². The predicted molar refractivity (Wildman–Crippen MR) is 117 cm³/mol. The summed E-state index contributed by atoms with van der Waals surface area (Å²) in [6.45, 7) is 5.02. The van der Waals surface area contributed by atoms with Gasteiger partial charge in [-0.05, 0) is 43.0 Å². The molecule has 5 rings (SSSR count). The predicted octanol–water partition coefficient (Wildman–Crippen LogP) is 3.50. The molecule has 1 fully saturated rings. The van der Waals surface area contributed by atoms with E-state index in [1.807, 2.05) is 55.1 Å². The number of H-pyrrole nitrogens is 1. The molecule has 1 unspecified atom stereocenters. The maximum Gasteiger partial charge on any atom is 0.252 e. The van der Waals surface area contributed by atoms with Crippen molar-refractivity contribution in [2.24, 2.45) is 0 Å². The zero-order valence-electron chi connectivity index (χ0n) is 17.8. The van der Waals surface area contributed by atoms with E-state index in [2.05, 4.69) is 21.6 Å². The first-order valence-corrected chi connectivity index (χ1v) is 10.7. The molecule has 0 radical (unpaired) electrons. The SMILES string of the molecule is CC1(C)c2[nH]nc(NC(=O)Cc3ccc4ccccc4c3)c2CN1C(=O)C1CCCO1. The molecule has 31 heavy (non-hydrogen) atoms. The molecule has 0 bridgehead atoms. The van der Waals surface area contributed by atoms with E-state index in [9.17, 15) is 9.59 Å². The molecule has 2 aliphatic heterocycles. The largest absolute Gasteiger partial charge is 0.368 e. The number of aromatic nitrogens is 2. The Labute approximate surface area is 180 Å². The van der Waals surface area contributed by atoms with Crippen LogP contribution >= 0.6 is 0 Å². The van der Waals surface area contributed by atoms with Gasteiger partial charge in [-0.3, -0.25) is 14.7 Å². The molecular formula is C24H26N4O3. The fourth-order valence-electron chi connectivity index (χ4n) is 4.63. The van der Waals surface area contributed by atoms with E-state index in [1.165, 1.54) is 0 Å². The Morgan fingerprint density at radius 3 is 2.81 bits per heavy atom. The average molecular weight is 418 g/mol. The lowest BCUT2D eigenvalue weighted by atomic mass is 10.00. The molecule has 1 saturated heterocycles. The van der Waals surface area contributed by atoms with Crippen molar-refractivity contribution in [3.05, 3.63) is 59.3 Å². The molecule has 160 valence electrons. The topological polar surface area (TPSA) is 87.3 Å². The average Bonchev–Trinajstić information content (AvgIpc) is 3.46. The molecule has 0 saturated carbocycles. The summed E-state index contributed by atoms with van der Waals surface area (Å²) < 4.78 is 5.60. The van der Waals surface area contributed by atoms with Crippen LogP contribution in [-0.2, 0) is 32.8 Å². The van der Waals surface area contributed by atoms with Crippen molar-refractivity contribution in [2.45, 2.75) is 51.3 Å². The minimum atomic E-state index is -0.535. The van der Waals surface area contributed by atoms with Crippen LogP contribution < -0.4 is 5.32 Å². The van der Waals surface area contributed by atoms with Crippen molar-refractivity contribution in [2.75, 3.05) is 11.9 Å². The summed E-state index contributed by atoms with van der Waals surface area (Å²) >= 11 is 0. The van der Waals surface area contributed by atoms with Crippen LogP contribution in [0.1, 0.15) is 43.5 Å². The fraction of sp³-hybridized carbons (Fsp3) is 0.375. The Kier molecular flexibility index (Phi) is 4.78. The third-order valence-electron chi connectivity index (χ3n) is 6.38. The van der Waals surface area contributed by atoms with Gasteiger partial charge in [-0.1, -0.05) is 42.5 Å². The number of rotatable bonds is 4. The highest BCUT2D eigenvalue weighted by Gasteiger charge is 2.46. The quantitative estimate of drug-likeness (QED) is 0.679. The minimum absolute atomic E-state index is 0.000500. The van der Waals surface area contributed by atoms with Crippen LogP contribution in [0.2, 0.25) is 0 Å². The minimum Gasteiger partial charge on any atom is -0.368 e. The number of fused-ring (bicyclic) bond motifs is 2. The maximum absolute atomic E-state index is 13.0. The van der Waals surface area contributed by atoms with Crippen LogP contribution in [-0.4, -0.2) is 39.6 Å². The number of anilines is 1. The summed E-state index contributed by atoms with van der Waals surface area (Å²) in [5.41, 5.74) is 2.13. The number of aromatic amines is 1. The van der Waals surface area contributed by atoms with Crippen molar-refractivity contribution in [3.8, 4) is 0 Å². The number of hydrogen-bond acceptors (Lipinski definition) is 4. The lowest BCUT2D eigenvalue weighted by molar-refractivity contribution is -0.146. The van der Waals surface area contributed by atoms with Gasteiger partial charge in [-0.25, -0.2) is 0 Å². The second-order valence-corrected chi connectivity index (χ2v) is 8.82. The molecule has 2 aromatic carbocycles. The molecule has 2 aliphatic rings. The molecule has 1 atom stereocenters. The van der Waals surface area contributed by atoms with Gasteiger partial charge in [0, 0.05) is 12.2 Å². The highest BCUT2D eigenvalue weighted by molar-refractivity contribution is 5.93. The molecule has 0 aliphatic carbocycles. The second kappa shape index (κ2) is 7.50. The molecule has 3 aromatic rings. The smallest absolute Gasteiger partial charge is 0.252 e. The number of nitrogens with one attached hydrogen (secondary N) is 2. The van der Waals surface area contributed by atoms with Gasteiger partial charge in [0.25, 0.3) is 5.91 Å². The number of carbonyl (C=O) groups excluding carboxylic acids is 2. The summed E-state index contributed by atoms with van der Waals surface area (Å²) in [4.78, 5) is 27.6. The number of amides is 2. The Balaban J connectivity index is 1.31. The van der Waals surface area contributed by atoms with Crippen LogP contribution in [0.25, 0.3) is 10.8 Å². The number of carbonyl (C=O) groups is 2. The van der Waals surface area contributed by atoms with Gasteiger partial charge in [-0.2, -0.15) is 5.10 Å². The Bertz CT molecular complexity index is 1160. The molecule has 0 spiro atoms. The third kappa shape index (κ3) is 3.49. The lowest BCUT2D eigenvalue weighted by Gasteiger charge is -2.33. The zero-order chi connectivity index (χ0) is 21.6. The summed E-state index contributed by atoms with van der Waals surface area (Å²) in [5, 5.41) is 12.6. The van der Waals surface area contributed by atoms with Gasteiger partial charge in [0.2, 0.25) is 5.91 Å². The van der Waals surface area contributed by atoms with Gasteiger partial charge in [0.15, 0.2) is 5.82 Å². The van der Waals surface area contributed by atoms with Crippen molar-refractivity contribution < 1.29 is 14.3 Å². The summed E-state index contributed by atoms with van der Waals surface area (Å²) in [6.07, 6.45) is 1.55. The number of nitrogens with zero attached hydrogens (tertiary/aromatic N) is 2. The highest BCUT2D eigenvalue weighted by Crippen LogP contribution is 2.41. The van der Waals surface area contributed by atoms with Crippen LogP contribution in [0.4, 0.5) is 5.82 Å². The van der Waals surface area contributed by atoms with E-state index in [0.29, 0.717) is 19.0 Å². The normalized spacial score (nSPS) is 19.5. The van der Waals surface area contributed by atoms with E-state index in [-0.39, 0.29) is 24.3 Å². The second-order valence-electron chi connectivity index (χ2n) is 8.82. The van der Waals surface area contributed by atoms with Crippen molar-refractivity contribution in [3.63, 3.8) is 0 Å². The maximum atomic E-state index is 13.0. The molecule has 1 aromatic heterocycles. The van der Waals surface area contributed by atoms with Crippen LogP contribution in [0, 0.1) is 0 Å². The van der Waals surface area contributed by atoms with Gasteiger partial charge >= 0.3 is 0 Å². The third-order valence-corrected chi connectivity index (χ3v) is 6.38. The summed E-state index contributed by atoms with van der Waals surface area (Å²) in [5.74, 6) is 0.364. The zero-order valence-corrected chi connectivity index (χ0v) is 17.8. The summed E-state index contributed by atoms with van der Waals surface area (Å²) in [7, 11) is 0. The standard InChI is InChI=1S/C24H26N4O3/c1-24(2)21-18(14-28(24)23(30)19-8-5-11-31-19)22(27-26-21)25-20(29)13-15-9-10-16-6-3-4-7-17(16)12-15/h3-4,6-7,9-10,12,19H,5,8,11,13-14H2,1-2H3,(H2,25,26,27,29). The highest BCUT2D eigenvalue weighted by atomic mass is 16.5. The van der Waals surface area contributed by atoms with Crippen LogP contribution in [0.5, 0.6) is 0 Å². The van der Waals surface area contributed by atoms with Crippen molar-refractivity contribution >= 4 is 28.4 Å². The first-order valence-electron chi connectivity index (χ1n) is 10.7. The van der Waals surface area contributed by atoms with Gasteiger partial charge in [-0.15, -0.1) is 0 Å². The Morgan fingerprint density at radius 1 is 1.23 bits per heavy atom. The van der Waals surface area contributed by atoms with Gasteiger partial charge in [0.05, 0.1) is 24.2 Å². The molecule has 2 N–H and O–H groups in total. The van der Waals surface area contributed by atoms with Gasteiger partial charge in [0.1, 0.15) is 6.10 Å². The van der Waals surface area contributed by atoms with E-state index in [0.717, 1.165) is 40.4 Å². The molecule has 7 heteroatoms. The van der Waals surface area contributed by atoms with E-state index in [1.54, 1.807) is 0 Å². The number of ether oxygens (including phenoxy) is 1. The van der Waals surface area contributed by atoms with Crippen molar-refractivity contribution in [1.82, 2.24) is 15.1 Å². The number of benzene rings is 2. The number of hydrogen-bond donors (Lipinski definition) is 2. The molecule has 2 amide bonds.